The second kappa shape index (κ2) is 6.33. The van der Waals surface area contributed by atoms with Crippen LogP contribution in [0.15, 0.2) is 47.4 Å². The molecule has 0 fully saturated rings. The van der Waals surface area contributed by atoms with Crippen LogP contribution in [-0.4, -0.2) is 17.1 Å². The average molecular weight is 333 g/mol. The highest BCUT2D eigenvalue weighted by molar-refractivity contribution is 7.98. The Bertz CT molecular complexity index is 817. The van der Waals surface area contributed by atoms with E-state index in [1.807, 2.05) is 18.4 Å². The first-order valence-corrected chi connectivity index (χ1v) is 8.47. The third-order valence-corrected chi connectivity index (χ3v) is 4.68. The van der Waals surface area contributed by atoms with E-state index >= 15 is 0 Å². The van der Waals surface area contributed by atoms with E-state index in [0.29, 0.717) is 16.2 Å². The molecule has 2 aromatic carbocycles. The van der Waals surface area contributed by atoms with Gasteiger partial charge >= 0.3 is 0 Å². The summed E-state index contributed by atoms with van der Waals surface area (Å²) in [6, 6.07) is 12.0. The highest BCUT2D eigenvalue weighted by atomic mass is 32.2. The van der Waals surface area contributed by atoms with E-state index < -0.39 is 0 Å². The highest BCUT2D eigenvalue weighted by Crippen LogP contribution is 2.27. The van der Waals surface area contributed by atoms with Crippen molar-refractivity contribution in [2.45, 2.75) is 4.90 Å². The normalized spacial score (nSPS) is 10.6. The zero-order valence-corrected chi connectivity index (χ0v) is 13.2. The van der Waals surface area contributed by atoms with E-state index in [9.17, 15) is 9.18 Å². The van der Waals surface area contributed by atoms with Gasteiger partial charge in [-0.1, -0.05) is 17.4 Å². The number of rotatable bonds is 4. The molecule has 7 heteroatoms. The summed E-state index contributed by atoms with van der Waals surface area (Å²) in [6.45, 7) is 0. The molecule has 0 saturated carbocycles. The number of nitrogens with one attached hydrogen (secondary N) is 2. The molecule has 3 aromatic rings. The van der Waals surface area contributed by atoms with Crippen LogP contribution in [0.25, 0.3) is 10.2 Å². The van der Waals surface area contributed by atoms with Crippen LogP contribution in [0.3, 0.4) is 0 Å². The van der Waals surface area contributed by atoms with E-state index in [4.69, 9.17) is 0 Å². The van der Waals surface area contributed by atoms with Crippen molar-refractivity contribution in [2.24, 2.45) is 0 Å². The summed E-state index contributed by atoms with van der Waals surface area (Å²) >= 11 is 2.89. The topological polar surface area (TPSA) is 54.0 Å². The number of hydrogen-bond donors (Lipinski definition) is 2. The van der Waals surface area contributed by atoms with Crippen molar-refractivity contribution >= 4 is 44.4 Å². The smallest absolute Gasteiger partial charge is 0.269 e. The third-order valence-electron chi connectivity index (χ3n) is 3.00. The maximum atomic E-state index is 13.6. The Morgan fingerprint density at radius 1 is 1.23 bits per heavy atom. The van der Waals surface area contributed by atoms with Gasteiger partial charge in [0.1, 0.15) is 11.3 Å². The van der Waals surface area contributed by atoms with Crippen LogP contribution < -0.4 is 10.9 Å². The maximum absolute atomic E-state index is 13.6. The Kier molecular flexibility index (Phi) is 4.26. The van der Waals surface area contributed by atoms with E-state index in [0.717, 1.165) is 9.60 Å². The number of fused-ring (bicyclic) bond motifs is 1. The van der Waals surface area contributed by atoms with Crippen LogP contribution in [0.4, 0.5) is 9.52 Å². The van der Waals surface area contributed by atoms with Gasteiger partial charge in [0.2, 0.25) is 5.13 Å². The van der Waals surface area contributed by atoms with Gasteiger partial charge in [-0.15, -0.1) is 11.8 Å². The first kappa shape index (κ1) is 14.8. The molecule has 1 amide bonds. The zero-order valence-electron chi connectivity index (χ0n) is 11.6. The lowest BCUT2D eigenvalue weighted by atomic mass is 10.2. The van der Waals surface area contributed by atoms with E-state index in [1.54, 1.807) is 36.0 Å². The number of hydrazine groups is 1. The Morgan fingerprint density at radius 3 is 2.68 bits per heavy atom. The summed E-state index contributed by atoms with van der Waals surface area (Å²) in [5.74, 6) is -0.645. The van der Waals surface area contributed by atoms with Crippen molar-refractivity contribution < 1.29 is 9.18 Å². The van der Waals surface area contributed by atoms with Crippen molar-refractivity contribution in [2.75, 3.05) is 11.7 Å². The van der Waals surface area contributed by atoms with Crippen molar-refractivity contribution in [3.8, 4) is 0 Å². The van der Waals surface area contributed by atoms with Crippen LogP contribution in [0.1, 0.15) is 10.4 Å². The van der Waals surface area contributed by atoms with Gasteiger partial charge in [-0.05, 0) is 42.7 Å². The lowest BCUT2D eigenvalue weighted by Gasteiger charge is -2.05. The molecule has 0 radical (unpaired) electrons. The van der Waals surface area contributed by atoms with E-state index in [1.165, 1.54) is 17.4 Å². The Labute approximate surface area is 134 Å². The van der Waals surface area contributed by atoms with Gasteiger partial charge in [-0.25, -0.2) is 9.37 Å². The third kappa shape index (κ3) is 3.05. The molecule has 1 aromatic heterocycles. The van der Waals surface area contributed by atoms with Crippen LogP contribution in [0.5, 0.6) is 0 Å². The van der Waals surface area contributed by atoms with Crippen molar-refractivity contribution in [1.29, 1.82) is 0 Å². The van der Waals surface area contributed by atoms with Crippen molar-refractivity contribution in [3.05, 3.63) is 53.8 Å². The minimum atomic E-state index is -0.374. The molecule has 3 rings (SSSR count). The number of halogens is 1. The van der Waals surface area contributed by atoms with Gasteiger partial charge in [-0.3, -0.25) is 15.6 Å². The van der Waals surface area contributed by atoms with E-state index in [-0.39, 0.29) is 11.7 Å². The SMILES string of the molecule is CSc1ccc(C(=O)NNc2nc3c(F)cccc3s2)cc1. The summed E-state index contributed by atoms with van der Waals surface area (Å²) < 4.78 is 14.3. The molecule has 1 heterocycles. The monoisotopic (exact) mass is 333 g/mol. The number of benzene rings is 2. The summed E-state index contributed by atoms with van der Waals surface area (Å²) in [5, 5.41) is 0.439. The second-order valence-corrected chi connectivity index (χ2v) is 6.32. The fourth-order valence-corrected chi connectivity index (χ4v) is 3.14. The first-order valence-electron chi connectivity index (χ1n) is 6.43. The van der Waals surface area contributed by atoms with Gasteiger partial charge in [0.25, 0.3) is 5.91 Å². The quantitative estimate of drug-likeness (QED) is 0.561. The molecule has 0 saturated heterocycles. The number of carbonyl (C=O) groups is 1. The zero-order chi connectivity index (χ0) is 15.5. The number of thioether (sulfide) groups is 1. The lowest BCUT2D eigenvalue weighted by Crippen LogP contribution is -2.29. The van der Waals surface area contributed by atoms with Gasteiger partial charge in [0.05, 0.1) is 4.70 Å². The highest BCUT2D eigenvalue weighted by Gasteiger charge is 2.09. The number of para-hydroxylation sites is 1. The number of nitrogens with zero attached hydrogens (tertiary/aromatic N) is 1. The van der Waals surface area contributed by atoms with Crippen molar-refractivity contribution in [3.63, 3.8) is 0 Å². The Morgan fingerprint density at radius 2 is 2.00 bits per heavy atom. The minimum absolute atomic E-state index is 0.271. The minimum Gasteiger partial charge on any atom is -0.273 e. The largest absolute Gasteiger partial charge is 0.273 e. The molecule has 0 aliphatic carbocycles. The molecule has 0 unspecified atom stereocenters. The van der Waals surface area contributed by atoms with Gasteiger partial charge in [0, 0.05) is 10.5 Å². The summed E-state index contributed by atoms with van der Waals surface area (Å²) in [7, 11) is 0. The van der Waals surface area contributed by atoms with Crippen LogP contribution in [0, 0.1) is 5.82 Å². The number of thiazole rings is 1. The van der Waals surface area contributed by atoms with Gasteiger partial charge in [-0.2, -0.15) is 0 Å². The first-order chi connectivity index (χ1) is 10.7. The molecule has 22 heavy (non-hydrogen) atoms. The van der Waals surface area contributed by atoms with Crippen molar-refractivity contribution in [1.82, 2.24) is 10.4 Å². The van der Waals surface area contributed by atoms with Crippen LogP contribution >= 0.6 is 23.1 Å². The number of carbonyl (C=O) groups excluding carboxylic acids is 1. The van der Waals surface area contributed by atoms with Gasteiger partial charge in [0.15, 0.2) is 0 Å². The summed E-state index contributed by atoms with van der Waals surface area (Å²) in [4.78, 5) is 17.2. The second-order valence-electron chi connectivity index (χ2n) is 4.41. The average Bonchev–Trinajstić information content (AvgIpc) is 2.97. The lowest BCUT2D eigenvalue weighted by molar-refractivity contribution is 0.0962. The number of aromatic nitrogens is 1. The standard InChI is InChI=1S/C15H12FN3OS2/c1-21-10-7-5-9(6-8-10)14(20)18-19-15-17-13-11(16)3-2-4-12(13)22-15/h2-8H,1H3,(H,17,19)(H,18,20). The molecule has 2 N–H and O–H groups in total. The van der Waals surface area contributed by atoms with E-state index in [2.05, 4.69) is 15.8 Å². The van der Waals surface area contributed by atoms with Crippen LogP contribution in [0.2, 0.25) is 0 Å². The van der Waals surface area contributed by atoms with Crippen LogP contribution in [-0.2, 0) is 0 Å². The molecule has 112 valence electrons. The molecular formula is C15H12FN3OS2. The predicted octanol–water partition coefficient (Wildman–Crippen LogP) is 3.91. The molecule has 0 bridgehead atoms. The number of amides is 1. The fraction of sp³-hybridized carbons (Fsp3) is 0.0667. The summed E-state index contributed by atoms with van der Waals surface area (Å²) in [5.41, 5.74) is 6.13. The Hall–Kier alpha value is -2.12. The molecule has 0 spiro atoms. The molecule has 0 atom stereocenters. The number of anilines is 1. The summed E-state index contributed by atoms with van der Waals surface area (Å²) in [6.07, 6.45) is 1.98. The molecular weight excluding hydrogens is 321 g/mol. The fourth-order valence-electron chi connectivity index (χ4n) is 1.89. The predicted molar refractivity (Wildman–Crippen MR) is 88.9 cm³/mol. The number of hydrogen-bond acceptors (Lipinski definition) is 5. The maximum Gasteiger partial charge on any atom is 0.269 e. The van der Waals surface area contributed by atoms with Gasteiger partial charge < -0.3 is 0 Å². The molecule has 4 nitrogen and oxygen atoms in total. The molecule has 0 aliphatic heterocycles. The molecule has 0 aliphatic rings. The Balaban J connectivity index is 1.70.